The smallest absolute Gasteiger partial charge is 0.327 e. The van der Waals surface area contributed by atoms with Gasteiger partial charge < -0.3 is 19.4 Å². The van der Waals surface area contributed by atoms with E-state index >= 15 is 0 Å². The van der Waals surface area contributed by atoms with Gasteiger partial charge in [0.15, 0.2) is 6.04 Å². The maximum atomic E-state index is 12.0. The second-order valence-corrected chi connectivity index (χ2v) is 6.26. The first kappa shape index (κ1) is 19.1. The number of hydrogen-bond donors (Lipinski definition) is 2. The SMILES string of the molecule is CCOC(=O)C(CP(=O)(O)O)N(CCC#N)Oc1ccccc1. The summed E-state index contributed by atoms with van der Waals surface area (Å²) in [5.41, 5.74) is 0. The van der Waals surface area contributed by atoms with E-state index in [2.05, 4.69) is 0 Å². The molecule has 0 aliphatic carbocycles. The Balaban J connectivity index is 3.02. The number of nitrogens with zero attached hydrogens (tertiary/aromatic N) is 2. The Hall–Kier alpha value is -1.91. The summed E-state index contributed by atoms with van der Waals surface area (Å²) in [4.78, 5) is 36.0. The van der Waals surface area contributed by atoms with Crippen molar-refractivity contribution in [3.8, 4) is 11.8 Å². The third-order valence-corrected chi connectivity index (χ3v) is 3.55. The molecule has 1 atom stereocenters. The van der Waals surface area contributed by atoms with E-state index in [4.69, 9.17) is 14.8 Å². The van der Waals surface area contributed by atoms with E-state index < -0.39 is 25.8 Å². The molecule has 0 bridgehead atoms. The van der Waals surface area contributed by atoms with Crippen molar-refractivity contribution in [2.45, 2.75) is 19.4 Å². The lowest BCUT2D eigenvalue weighted by molar-refractivity contribution is -0.164. The van der Waals surface area contributed by atoms with Gasteiger partial charge in [-0.25, -0.2) is 0 Å². The van der Waals surface area contributed by atoms with Crippen molar-refractivity contribution >= 4 is 13.6 Å². The standard InChI is InChI=1S/C14H19N2O6P/c1-2-21-14(17)13(11-23(18,19)20)16(10-6-9-15)22-12-7-4-3-5-8-12/h3-5,7-8,13H,2,6,10-11H2,1H3,(H2,18,19,20). The number of nitriles is 1. The highest BCUT2D eigenvalue weighted by Crippen LogP contribution is 2.36. The van der Waals surface area contributed by atoms with E-state index in [1.165, 1.54) is 0 Å². The number of hydrogen-bond acceptors (Lipinski definition) is 6. The number of ether oxygens (including phenoxy) is 1. The van der Waals surface area contributed by atoms with Gasteiger partial charge in [0.1, 0.15) is 5.75 Å². The highest BCUT2D eigenvalue weighted by molar-refractivity contribution is 7.51. The van der Waals surface area contributed by atoms with Crippen molar-refractivity contribution in [1.82, 2.24) is 5.06 Å². The Morgan fingerprint density at radius 1 is 1.39 bits per heavy atom. The molecule has 0 saturated heterocycles. The molecule has 1 aromatic rings. The molecule has 0 fully saturated rings. The lowest BCUT2D eigenvalue weighted by Gasteiger charge is -2.28. The molecule has 0 amide bonds. The number of benzene rings is 1. The first-order chi connectivity index (χ1) is 10.9. The van der Waals surface area contributed by atoms with Crippen LogP contribution in [0, 0.1) is 11.3 Å². The minimum absolute atomic E-state index is 0.00508. The van der Waals surface area contributed by atoms with Crippen molar-refractivity contribution in [1.29, 1.82) is 5.26 Å². The third kappa shape index (κ3) is 7.26. The fraction of sp³-hybridized carbons (Fsp3) is 0.429. The first-order valence-corrected chi connectivity index (χ1v) is 8.75. The van der Waals surface area contributed by atoms with Gasteiger partial charge in [0.05, 0.1) is 25.3 Å². The lowest BCUT2D eigenvalue weighted by Crippen LogP contribution is -2.47. The molecular weight excluding hydrogens is 323 g/mol. The van der Waals surface area contributed by atoms with E-state index in [-0.39, 0.29) is 19.6 Å². The normalized spacial score (nSPS) is 12.5. The quantitative estimate of drug-likeness (QED) is 0.391. The molecule has 0 heterocycles. The topological polar surface area (TPSA) is 120 Å². The Morgan fingerprint density at radius 2 is 2.04 bits per heavy atom. The predicted molar refractivity (Wildman–Crippen MR) is 81.3 cm³/mol. The van der Waals surface area contributed by atoms with Crippen LogP contribution in [0.25, 0.3) is 0 Å². The summed E-state index contributed by atoms with van der Waals surface area (Å²) in [7, 11) is -4.50. The number of hydroxylamine groups is 2. The van der Waals surface area contributed by atoms with Crippen LogP contribution in [0.15, 0.2) is 30.3 Å². The molecule has 126 valence electrons. The van der Waals surface area contributed by atoms with Crippen molar-refractivity contribution < 1.29 is 28.7 Å². The van der Waals surface area contributed by atoms with E-state index in [0.29, 0.717) is 5.75 Å². The zero-order valence-corrected chi connectivity index (χ0v) is 13.6. The highest BCUT2D eigenvalue weighted by Gasteiger charge is 2.35. The fourth-order valence-corrected chi connectivity index (χ4v) is 2.57. The number of carbonyl (C=O) groups is 1. The molecule has 0 spiro atoms. The Labute approximate surface area is 134 Å². The van der Waals surface area contributed by atoms with Gasteiger partial charge >= 0.3 is 13.6 Å². The average molecular weight is 342 g/mol. The van der Waals surface area contributed by atoms with Crippen molar-refractivity contribution in [2.24, 2.45) is 0 Å². The van der Waals surface area contributed by atoms with Crippen LogP contribution in [0.1, 0.15) is 13.3 Å². The van der Waals surface area contributed by atoms with Gasteiger partial charge in [-0.15, -0.1) is 5.06 Å². The number of carbonyl (C=O) groups excluding carboxylic acids is 1. The van der Waals surface area contributed by atoms with Crippen molar-refractivity contribution in [2.75, 3.05) is 19.3 Å². The maximum Gasteiger partial charge on any atom is 0.327 e. The van der Waals surface area contributed by atoms with Gasteiger partial charge in [0, 0.05) is 6.54 Å². The van der Waals surface area contributed by atoms with Crippen LogP contribution in [-0.4, -0.2) is 46.2 Å². The van der Waals surface area contributed by atoms with Gasteiger partial charge in [-0.3, -0.25) is 9.36 Å². The van der Waals surface area contributed by atoms with E-state index in [1.54, 1.807) is 37.3 Å². The van der Waals surface area contributed by atoms with Crippen molar-refractivity contribution in [3.05, 3.63) is 30.3 Å². The zero-order chi connectivity index (χ0) is 17.3. The van der Waals surface area contributed by atoms with Gasteiger partial charge in [-0.1, -0.05) is 18.2 Å². The molecule has 0 aromatic heterocycles. The van der Waals surface area contributed by atoms with Crippen LogP contribution in [0.3, 0.4) is 0 Å². The monoisotopic (exact) mass is 342 g/mol. The molecule has 0 aliphatic rings. The molecule has 9 heteroatoms. The number of para-hydroxylation sites is 1. The van der Waals surface area contributed by atoms with Gasteiger partial charge in [-0.2, -0.15) is 5.26 Å². The van der Waals surface area contributed by atoms with Crippen LogP contribution >= 0.6 is 7.60 Å². The zero-order valence-electron chi connectivity index (χ0n) is 12.7. The summed E-state index contributed by atoms with van der Waals surface area (Å²) in [6.45, 7) is 1.65. The number of esters is 1. The molecule has 2 N–H and O–H groups in total. The Bertz CT molecular complexity index is 583. The predicted octanol–water partition coefficient (Wildman–Crippen LogP) is 1.31. The molecule has 1 rings (SSSR count). The van der Waals surface area contributed by atoms with E-state index in [1.807, 2.05) is 6.07 Å². The average Bonchev–Trinajstić information content (AvgIpc) is 2.49. The first-order valence-electron chi connectivity index (χ1n) is 6.95. The van der Waals surface area contributed by atoms with Gasteiger partial charge in [-0.05, 0) is 19.1 Å². The second kappa shape index (κ2) is 9.28. The van der Waals surface area contributed by atoms with Crippen LogP contribution in [0.2, 0.25) is 0 Å². The summed E-state index contributed by atoms with van der Waals surface area (Å²) in [5.74, 6) is -0.435. The summed E-state index contributed by atoms with van der Waals surface area (Å²) >= 11 is 0. The molecule has 0 radical (unpaired) electrons. The van der Waals surface area contributed by atoms with Crippen LogP contribution in [0.4, 0.5) is 0 Å². The summed E-state index contributed by atoms with van der Waals surface area (Å²) in [5, 5.41) is 9.81. The molecule has 0 aliphatic heterocycles. The molecule has 0 saturated carbocycles. The molecule has 1 aromatic carbocycles. The summed E-state index contributed by atoms with van der Waals surface area (Å²) in [6, 6.07) is 9.02. The molecular formula is C14H19N2O6P. The molecule has 1 unspecified atom stereocenters. The third-order valence-electron chi connectivity index (χ3n) is 2.73. The highest BCUT2D eigenvalue weighted by atomic mass is 31.2. The van der Waals surface area contributed by atoms with E-state index in [9.17, 15) is 19.1 Å². The number of rotatable bonds is 9. The van der Waals surface area contributed by atoms with Crippen molar-refractivity contribution in [3.63, 3.8) is 0 Å². The van der Waals surface area contributed by atoms with Gasteiger partial charge in [0.2, 0.25) is 0 Å². The second-order valence-electron chi connectivity index (χ2n) is 4.57. The van der Waals surface area contributed by atoms with E-state index in [0.717, 1.165) is 5.06 Å². The molecule has 8 nitrogen and oxygen atoms in total. The summed E-state index contributed by atoms with van der Waals surface area (Å²) in [6.07, 6.45) is -0.742. The van der Waals surface area contributed by atoms with Gasteiger partial charge in [0.25, 0.3) is 0 Å². The van der Waals surface area contributed by atoms with Crippen LogP contribution < -0.4 is 4.84 Å². The summed E-state index contributed by atoms with van der Waals surface area (Å²) < 4.78 is 16.2. The minimum Gasteiger partial charge on any atom is -0.465 e. The maximum absolute atomic E-state index is 12.0. The Morgan fingerprint density at radius 3 is 2.57 bits per heavy atom. The Kier molecular flexibility index (Phi) is 7.72. The fourth-order valence-electron chi connectivity index (χ4n) is 1.79. The van der Waals surface area contributed by atoms with Crippen LogP contribution in [-0.2, 0) is 14.1 Å². The minimum atomic E-state index is -4.50. The lowest BCUT2D eigenvalue weighted by atomic mass is 10.3. The largest absolute Gasteiger partial charge is 0.465 e. The molecule has 23 heavy (non-hydrogen) atoms. The van der Waals surface area contributed by atoms with Crippen LogP contribution in [0.5, 0.6) is 5.75 Å².